The standard InChI is InChI=1S/C13H18.C2H6/c1-5-9-11-13(10-6-2)12(7-3)8-4;1-2/h6-11H,2-3,5H2,1,4H3;1-2H3/b11-9-,12-8-,13-10-;. The van der Waals surface area contributed by atoms with Crippen LogP contribution in [0.4, 0.5) is 0 Å². The van der Waals surface area contributed by atoms with Crippen LogP contribution in [0.2, 0.25) is 0 Å². The quantitative estimate of drug-likeness (QED) is 0.538. The van der Waals surface area contributed by atoms with Gasteiger partial charge >= 0.3 is 0 Å². The minimum atomic E-state index is 1.04. The molecule has 0 heterocycles. The Morgan fingerprint density at radius 1 is 1.13 bits per heavy atom. The summed E-state index contributed by atoms with van der Waals surface area (Å²) in [6, 6.07) is 0. The molecule has 0 unspecified atom stereocenters. The molecule has 0 atom stereocenters. The molecule has 0 spiro atoms. The van der Waals surface area contributed by atoms with Crippen LogP contribution in [0.15, 0.2) is 60.8 Å². The van der Waals surface area contributed by atoms with E-state index in [0.29, 0.717) is 0 Å². The van der Waals surface area contributed by atoms with Crippen molar-refractivity contribution in [3.05, 3.63) is 60.8 Å². The van der Waals surface area contributed by atoms with Gasteiger partial charge in [-0.15, -0.1) is 0 Å². The van der Waals surface area contributed by atoms with E-state index in [9.17, 15) is 0 Å². The first-order valence-corrected chi connectivity index (χ1v) is 5.58. The molecular weight excluding hydrogens is 180 g/mol. The molecule has 0 aromatic rings. The second kappa shape index (κ2) is 12.7. The second-order valence-electron chi connectivity index (χ2n) is 2.62. The Balaban J connectivity index is 0. The predicted molar refractivity (Wildman–Crippen MR) is 73.0 cm³/mol. The zero-order valence-corrected chi connectivity index (χ0v) is 10.6. The molecule has 0 bridgehead atoms. The lowest BCUT2D eigenvalue weighted by Gasteiger charge is -2.00. The molecule has 84 valence electrons. The second-order valence-corrected chi connectivity index (χ2v) is 2.62. The monoisotopic (exact) mass is 204 g/mol. The van der Waals surface area contributed by atoms with Crippen molar-refractivity contribution in [3.63, 3.8) is 0 Å². The number of rotatable bonds is 5. The summed E-state index contributed by atoms with van der Waals surface area (Å²) < 4.78 is 0. The summed E-state index contributed by atoms with van der Waals surface area (Å²) in [6.07, 6.45) is 13.0. The van der Waals surface area contributed by atoms with Gasteiger partial charge in [0.15, 0.2) is 0 Å². The van der Waals surface area contributed by atoms with Gasteiger partial charge in [-0.3, -0.25) is 0 Å². The molecule has 0 saturated carbocycles. The SMILES string of the molecule is C=C/C=C(/C=C\CC)C(\C=C)=C/C.CC. The fourth-order valence-electron chi connectivity index (χ4n) is 1.02. The average Bonchev–Trinajstić information content (AvgIpc) is 2.30. The van der Waals surface area contributed by atoms with Crippen molar-refractivity contribution in [2.75, 3.05) is 0 Å². The molecule has 0 heteroatoms. The number of hydrogen-bond acceptors (Lipinski definition) is 0. The topological polar surface area (TPSA) is 0 Å². The molecule has 0 radical (unpaired) electrons. The Kier molecular flexibility index (Phi) is 13.7. The maximum absolute atomic E-state index is 3.77. The third-order valence-electron chi connectivity index (χ3n) is 1.69. The summed E-state index contributed by atoms with van der Waals surface area (Å²) in [5, 5.41) is 0. The molecule has 0 N–H and O–H groups in total. The fourth-order valence-corrected chi connectivity index (χ4v) is 1.02. The van der Waals surface area contributed by atoms with Crippen LogP contribution in [-0.2, 0) is 0 Å². The van der Waals surface area contributed by atoms with Gasteiger partial charge in [0.2, 0.25) is 0 Å². The van der Waals surface area contributed by atoms with Crippen molar-refractivity contribution < 1.29 is 0 Å². The van der Waals surface area contributed by atoms with Gasteiger partial charge in [-0.25, -0.2) is 0 Å². The molecule has 0 aliphatic carbocycles. The molecule has 0 amide bonds. The van der Waals surface area contributed by atoms with Gasteiger partial charge in [0.05, 0.1) is 0 Å². The zero-order valence-electron chi connectivity index (χ0n) is 10.6. The lowest BCUT2D eigenvalue weighted by Crippen LogP contribution is -1.81. The van der Waals surface area contributed by atoms with Crippen LogP contribution < -0.4 is 0 Å². The summed E-state index contributed by atoms with van der Waals surface area (Å²) in [5.41, 5.74) is 2.30. The van der Waals surface area contributed by atoms with Gasteiger partial charge < -0.3 is 0 Å². The van der Waals surface area contributed by atoms with Crippen LogP contribution in [-0.4, -0.2) is 0 Å². The van der Waals surface area contributed by atoms with Crippen molar-refractivity contribution in [3.8, 4) is 0 Å². The summed E-state index contributed by atoms with van der Waals surface area (Å²) in [7, 11) is 0. The van der Waals surface area contributed by atoms with Gasteiger partial charge in [-0.2, -0.15) is 0 Å². The highest BCUT2D eigenvalue weighted by Crippen LogP contribution is 2.12. The van der Waals surface area contributed by atoms with Crippen molar-refractivity contribution in [2.45, 2.75) is 34.1 Å². The molecule has 15 heavy (non-hydrogen) atoms. The van der Waals surface area contributed by atoms with Gasteiger partial charge in [-0.1, -0.05) is 70.4 Å². The van der Waals surface area contributed by atoms with E-state index in [0.717, 1.165) is 17.6 Å². The van der Waals surface area contributed by atoms with E-state index in [1.165, 1.54) is 0 Å². The predicted octanol–water partition coefficient (Wildman–Crippen LogP) is 5.22. The summed E-state index contributed by atoms with van der Waals surface area (Å²) >= 11 is 0. The molecule has 0 aliphatic heterocycles. The lowest BCUT2D eigenvalue weighted by molar-refractivity contribution is 1.22. The first kappa shape index (κ1) is 16.1. The fraction of sp³-hybridized carbons (Fsp3) is 0.333. The summed E-state index contributed by atoms with van der Waals surface area (Å²) in [4.78, 5) is 0. The molecule has 0 aromatic heterocycles. The highest BCUT2D eigenvalue weighted by Gasteiger charge is 1.93. The van der Waals surface area contributed by atoms with E-state index in [4.69, 9.17) is 0 Å². The van der Waals surface area contributed by atoms with E-state index in [1.807, 2.05) is 39.0 Å². The van der Waals surface area contributed by atoms with Crippen molar-refractivity contribution in [1.29, 1.82) is 0 Å². The Morgan fingerprint density at radius 3 is 2.07 bits per heavy atom. The lowest BCUT2D eigenvalue weighted by atomic mass is 10.0. The highest BCUT2D eigenvalue weighted by atomic mass is 14.0. The van der Waals surface area contributed by atoms with Crippen LogP contribution in [0.5, 0.6) is 0 Å². The molecular formula is C15H24. The molecule has 0 aromatic carbocycles. The van der Waals surface area contributed by atoms with E-state index in [1.54, 1.807) is 6.08 Å². The third kappa shape index (κ3) is 7.75. The van der Waals surface area contributed by atoms with Gasteiger partial charge in [0.25, 0.3) is 0 Å². The molecule has 0 nitrogen and oxygen atoms in total. The maximum Gasteiger partial charge on any atom is -0.0191 e. The first-order chi connectivity index (χ1) is 7.29. The van der Waals surface area contributed by atoms with Crippen LogP contribution >= 0.6 is 0 Å². The number of hydrogen-bond donors (Lipinski definition) is 0. The van der Waals surface area contributed by atoms with E-state index >= 15 is 0 Å². The van der Waals surface area contributed by atoms with Gasteiger partial charge in [0, 0.05) is 0 Å². The van der Waals surface area contributed by atoms with E-state index in [-0.39, 0.29) is 0 Å². The third-order valence-corrected chi connectivity index (χ3v) is 1.69. The Hall–Kier alpha value is -1.30. The summed E-state index contributed by atoms with van der Waals surface area (Å²) in [5.74, 6) is 0. The molecule has 0 fully saturated rings. The smallest absolute Gasteiger partial charge is 0.0191 e. The zero-order chi connectivity index (χ0) is 12.1. The Bertz CT molecular complexity index is 249. The molecule has 0 aliphatic rings. The first-order valence-electron chi connectivity index (χ1n) is 5.58. The average molecular weight is 204 g/mol. The van der Waals surface area contributed by atoms with Gasteiger partial charge in [-0.05, 0) is 24.5 Å². The maximum atomic E-state index is 3.77. The van der Waals surface area contributed by atoms with Crippen molar-refractivity contribution in [2.24, 2.45) is 0 Å². The summed E-state index contributed by atoms with van der Waals surface area (Å²) in [6.45, 7) is 15.6. The molecule has 0 saturated heterocycles. The van der Waals surface area contributed by atoms with Gasteiger partial charge in [0.1, 0.15) is 0 Å². The normalized spacial score (nSPS) is 12.0. The van der Waals surface area contributed by atoms with Crippen LogP contribution in [0.3, 0.4) is 0 Å². The largest absolute Gasteiger partial charge is 0.0990 e. The van der Waals surface area contributed by atoms with E-state index in [2.05, 4.69) is 32.2 Å². The van der Waals surface area contributed by atoms with Crippen molar-refractivity contribution >= 4 is 0 Å². The van der Waals surface area contributed by atoms with Crippen molar-refractivity contribution in [1.82, 2.24) is 0 Å². The van der Waals surface area contributed by atoms with Crippen LogP contribution in [0.25, 0.3) is 0 Å². The van der Waals surface area contributed by atoms with Crippen LogP contribution in [0, 0.1) is 0 Å². The highest BCUT2D eigenvalue weighted by molar-refractivity contribution is 5.46. The van der Waals surface area contributed by atoms with Crippen LogP contribution in [0.1, 0.15) is 34.1 Å². The van der Waals surface area contributed by atoms with E-state index < -0.39 is 0 Å². The minimum absolute atomic E-state index is 1.04. The minimum Gasteiger partial charge on any atom is -0.0990 e. The Labute approximate surface area is 95.4 Å². The molecule has 0 rings (SSSR count). The Morgan fingerprint density at radius 2 is 1.73 bits per heavy atom. The number of allylic oxidation sites excluding steroid dienone is 8.